The van der Waals surface area contributed by atoms with Gasteiger partial charge in [-0.2, -0.15) is 13.2 Å². The van der Waals surface area contributed by atoms with E-state index in [0.29, 0.717) is 12.0 Å². The van der Waals surface area contributed by atoms with Gasteiger partial charge in [0.25, 0.3) is 0 Å². The van der Waals surface area contributed by atoms with Crippen molar-refractivity contribution >= 4 is 5.97 Å². The average molecular weight is 300 g/mol. The van der Waals surface area contributed by atoms with E-state index in [1.54, 1.807) is 37.3 Å². The Morgan fingerprint density at radius 1 is 1.33 bits per heavy atom. The highest BCUT2D eigenvalue weighted by Gasteiger charge is 2.44. The molecule has 0 aliphatic carbocycles. The maximum absolute atomic E-state index is 13.1. The number of halogens is 3. The molecule has 1 atom stereocenters. The number of carbonyl (C=O) groups is 1. The lowest BCUT2D eigenvalue weighted by atomic mass is 9.97. The number of carbonyl (C=O) groups excluding carboxylic acids is 1. The van der Waals surface area contributed by atoms with Gasteiger partial charge in [0.2, 0.25) is 5.76 Å². The van der Waals surface area contributed by atoms with Crippen LogP contribution in [0.15, 0.2) is 41.7 Å². The second-order valence-electron chi connectivity index (χ2n) is 4.58. The summed E-state index contributed by atoms with van der Waals surface area (Å²) in [5.74, 6) is -2.20. The molecule has 114 valence electrons. The molecule has 1 unspecified atom stereocenters. The summed E-state index contributed by atoms with van der Waals surface area (Å²) in [4.78, 5) is 11.6. The van der Waals surface area contributed by atoms with E-state index < -0.39 is 29.6 Å². The standard InChI is InChI=1S/C15H15F3O3/c1-2-20-14(19)11-8-9-12(10-6-4-3-5-7-10)21-13(11)15(16,17)18/h3-7,12H,2,8-9H2,1H3. The first kappa shape index (κ1) is 15.4. The zero-order chi connectivity index (χ0) is 15.5. The Balaban J connectivity index is 2.30. The fourth-order valence-electron chi connectivity index (χ4n) is 2.21. The molecule has 1 aliphatic heterocycles. The fourth-order valence-corrected chi connectivity index (χ4v) is 2.21. The first-order chi connectivity index (χ1) is 9.93. The molecule has 0 saturated carbocycles. The third-order valence-corrected chi connectivity index (χ3v) is 3.14. The molecular weight excluding hydrogens is 285 g/mol. The van der Waals surface area contributed by atoms with Crippen molar-refractivity contribution in [1.82, 2.24) is 0 Å². The highest BCUT2D eigenvalue weighted by Crippen LogP contribution is 2.41. The minimum atomic E-state index is -4.71. The molecule has 1 aromatic carbocycles. The summed E-state index contributed by atoms with van der Waals surface area (Å²) in [7, 11) is 0. The van der Waals surface area contributed by atoms with Crippen molar-refractivity contribution in [2.24, 2.45) is 0 Å². The Morgan fingerprint density at radius 2 is 2.00 bits per heavy atom. The van der Waals surface area contributed by atoms with E-state index in [1.165, 1.54) is 0 Å². The highest BCUT2D eigenvalue weighted by atomic mass is 19.4. The number of hydrogen-bond donors (Lipinski definition) is 0. The second-order valence-corrected chi connectivity index (χ2v) is 4.58. The smallest absolute Gasteiger partial charge is 0.449 e. The monoisotopic (exact) mass is 300 g/mol. The number of esters is 1. The van der Waals surface area contributed by atoms with Gasteiger partial charge >= 0.3 is 12.1 Å². The van der Waals surface area contributed by atoms with Crippen molar-refractivity contribution in [2.75, 3.05) is 6.61 Å². The van der Waals surface area contributed by atoms with Crippen LogP contribution in [0.1, 0.15) is 31.4 Å². The normalized spacial score (nSPS) is 19.1. The molecule has 2 rings (SSSR count). The summed E-state index contributed by atoms with van der Waals surface area (Å²) < 4.78 is 49.0. The van der Waals surface area contributed by atoms with Crippen LogP contribution in [0, 0.1) is 0 Å². The summed E-state index contributed by atoms with van der Waals surface area (Å²) >= 11 is 0. The van der Waals surface area contributed by atoms with Crippen molar-refractivity contribution in [1.29, 1.82) is 0 Å². The SMILES string of the molecule is CCOC(=O)C1=C(C(F)(F)F)OC(c2ccccc2)CC1. The molecule has 0 bridgehead atoms. The zero-order valence-corrected chi connectivity index (χ0v) is 11.4. The second kappa shape index (κ2) is 6.20. The van der Waals surface area contributed by atoms with Crippen LogP contribution < -0.4 is 0 Å². The topological polar surface area (TPSA) is 35.5 Å². The van der Waals surface area contributed by atoms with Crippen molar-refractivity contribution in [3.63, 3.8) is 0 Å². The van der Waals surface area contributed by atoms with E-state index in [4.69, 9.17) is 4.74 Å². The van der Waals surface area contributed by atoms with E-state index in [1.807, 2.05) is 0 Å². The lowest BCUT2D eigenvalue weighted by Crippen LogP contribution is -2.27. The lowest BCUT2D eigenvalue weighted by Gasteiger charge is -2.29. The van der Waals surface area contributed by atoms with Gasteiger partial charge in [-0.15, -0.1) is 0 Å². The molecule has 1 aromatic rings. The minimum Gasteiger partial charge on any atom is -0.480 e. The molecule has 0 N–H and O–H groups in total. The van der Waals surface area contributed by atoms with Gasteiger partial charge in [-0.1, -0.05) is 30.3 Å². The van der Waals surface area contributed by atoms with E-state index in [0.717, 1.165) is 0 Å². The van der Waals surface area contributed by atoms with Crippen LogP contribution >= 0.6 is 0 Å². The maximum atomic E-state index is 13.1. The zero-order valence-electron chi connectivity index (χ0n) is 11.4. The van der Waals surface area contributed by atoms with E-state index in [2.05, 4.69) is 4.74 Å². The van der Waals surface area contributed by atoms with Gasteiger partial charge in [-0.25, -0.2) is 4.79 Å². The van der Waals surface area contributed by atoms with Gasteiger partial charge in [0.15, 0.2) is 0 Å². The van der Waals surface area contributed by atoms with Crippen molar-refractivity contribution in [3.8, 4) is 0 Å². The van der Waals surface area contributed by atoms with Crippen LogP contribution in [0.4, 0.5) is 13.2 Å². The molecule has 0 spiro atoms. The molecule has 0 fully saturated rings. The first-order valence-electron chi connectivity index (χ1n) is 6.62. The number of alkyl halides is 3. The summed E-state index contributed by atoms with van der Waals surface area (Å²) in [6.07, 6.45) is -5.14. The fraction of sp³-hybridized carbons (Fsp3) is 0.400. The van der Waals surface area contributed by atoms with Crippen LogP contribution in [0.5, 0.6) is 0 Å². The first-order valence-corrected chi connectivity index (χ1v) is 6.62. The largest absolute Gasteiger partial charge is 0.480 e. The van der Waals surface area contributed by atoms with Crippen LogP contribution in [0.25, 0.3) is 0 Å². The summed E-state index contributed by atoms with van der Waals surface area (Å²) in [5, 5.41) is 0. The number of rotatable bonds is 3. The maximum Gasteiger partial charge on any atom is 0.449 e. The Kier molecular flexibility index (Phi) is 4.55. The van der Waals surface area contributed by atoms with E-state index in [9.17, 15) is 18.0 Å². The van der Waals surface area contributed by atoms with Gasteiger partial charge in [0, 0.05) is 0 Å². The predicted molar refractivity (Wildman–Crippen MR) is 69.2 cm³/mol. The Labute approximate surface area is 120 Å². The van der Waals surface area contributed by atoms with Crippen molar-refractivity contribution < 1.29 is 27.4 Å². The number of allylic oxidation sites excluding steroid dienone is 1. The van der Waals surface area contributed by atoms with Crippen LogP contribution in [0.2, 0.25) is 0 Å². The van der Waals surface area contributed by atoms with Gasteiger partial charge in [-0.3, -0.25) is 0 Å². The Hall–Kier alpha value is -1.98. The number of hydrogen-bond acceptors (Lipinski definition) is 3. The number of ether oxygens (including phenoxy) is 2. The Bertz CT molecular complexity index is 535. The summed E-state index contributed by atoms with van der Waals surface area (Å²) in [6.45, 7) is 1.57. The molecule has 3 nitrogen and oxygen atoms in total. The van der Waals surface area contributed by atoms with E-state index >= 15 is 0 Å². The van der Waals surface area contributed by atoms with Crippen LogP contribution in [-0.2, 0) is 14.3 Å². The van der Waals surface area contributed by atoms with Gasteiger partial charge in [0.05, 0.1) is 12.2 Å². The molecule has 6 heteroatoms. The Morgan fingerprint density at radius 3 is 2.57 bits per heavy atom. The molecule has 0 amide bonds. The molecule has 21 heavy (non-hydrogen) atoms. The number of benzene rings is 1. The third kappa shape index (κ3) is 3.56. The molecule has 1 heterocycles. The van der Waals surface area contributed by atoms with Crippen molar-refractivity contribution in [2.45, 2.75) is 32.0 Å². The molecule has 0 radical (unpaired) electrons. The quantitative estimate of drug-likeness (QED) is 0.794. The van der Waals surface area contributed by atoms with Crippen LogP contribution in [-0.4, -0.2) is 18.8 Å². The minimum absolute atomic E-state index is 0.0206. The summed E-state index contributed by atoms with van der Waals surface area (Å²) in [6, 6.07) is 8.64. The van der Waals surface area contributed by atoms with E-state index in [-0.39, 0.29) is 13.0 Å². The molecular formula is C15H15F3O3. The lowest BCUT2D eigenvalue weighted by molar-refractivity contribution is -0.155. The van der Waals surface area contributed by atoms with Gasteiger partial charge in [-0.05, 0) is 25.3 Å². The molecule has 0 saturated heterocycles. The van der Waals surface area contributed by atoms with Crippen molar-refractivity contribution in [3.05, 3.63) is 47.2 Å². The highest BCUT2D eigenvalue weighted by molar-refractivity contribution is 5.89. The predicted octanol–water partition coefficient (Wildman–Crippen LogP) is 3.92. The third-order valence-electron chi connectivity index (χ3n) is 3.14. The van der Waals surface area contributed by atoms with Crippen LogP contribution in [0.3, 0.4) is 0 Å². The molecule has 1 aliphatic rings. The van der Waals surface area contributed by atoms with Gasteiger partial charge in [0.1, 0.15) is 6.10 Å². The van der Waals surface area contributed by atoms with Gasteiger partial charge < -0.3 is 9.47 Å². The summed E-state index contributed by atoms with van der Waals surface area (Å²) in [5.41, 5.74) is 0.221. The molecule has 0 aromatic heterocycles. The average Bonchev–Trinajstić information content (AvgIpc) is 2.47.